The lowest BCUT2D eigenvalue weighted by atomic mass is 10.5. The van der Waals surface area contributed by atoms with E-state index in [-0.39, 0.29) is 5.88 Å². The molecule has 0 bridgehead atoms. The van der Waals surface area contributed by atoms with E-state index in [1.54, 1.807) is 0 Å². The van der Waals surface area contributed by atoms with Gasteiger partial charge in [0.25, 0.3) is 0 Å². The molecule has 0 aliphatic rings. The van der Waals surface area contributed by atoms with Gasteiger partial charge >= 0.3 is 0 Å². The Balaban J connectivity index is 2.96. The Labute approximate surface area is 46.2 Å². The summed E-state index contributed by atoms with van der Waals surface area (Å²) in [5.41, 5.74) is 0. The second-order valence-electron chi connectivity index (χ2n) is 0.806. The van der Waals surface area contributed by atoms with Crippen LogP contribution in [0.25, 0.3) is 0 Å². The number of alkyl halides is 2. The molecule has 0 fully saturated rings. The van der Waals surface area contributed by atoms with Gasteiger partial charge in [0.1, 0.15) is 11.7 Å². The molecule has 1 atom stereocenters. The van der Waals surface area contributed by atoms with Crippen molar-refractivity contribution >= 4 is 29.5 Å². The minimum absolute atomic E-state index is 0.199. The molecule has 6 heavy (non-hydrogen) atoms. The molecular formula is C3H4Cl2O. The highest BCUT2D eigenvalue weighted by molar-refractivity contribution is 6.33. The molecule has 0 spiro atoms. The number of hydrogen-bond acceptors (Lipinski definition) is 1. The molecule has 0 rings (SSSR count). The maximum atomic E-state index is 9.52. The topological polar surface area (TPSA) is 17.1 Å². The Bertz CT molecular complexity index is 46.1. The summed E-state index contributed by atoms with van der Waals surface area (Å²) < 4.78 is 0. The molecule has 36 valence electrons. The van der Waals surface area contributed by atoms with Gasteiger partial charge < -0.3 is 4.79 Å². The third kappa shape index (κ3) is 2.49. The Kier molecular flexibility index (Phi) is 3.58. The normalized spacial score (nSPS) is 13.7. The standard InChI is InChI=1S/C3H4Cl2O/c4-1-3(5)2-6/h2-3H,1H2. The van der Waals surface area contributed by atoms with Crippen molar-refractivity contribution in [2.24, 2.45) is 0 Å². The van der Waals surface area contributed by atoms with E-state index >= 15 is 0 Å². The quantitative estimate of drug-likeness (QED) is 0.400. The van der Waals surface area contributed by atoms with Gasteiger partial charge in [0.05, 0.1) is 0 Å². The molecule has 0 aromatic heterocycles. The van der Waals surface area contributed by atoms with Crippen molar-refractivity contribution in [3.8, 4) is 0 Å². The molecule has 0 radical (unpaired) electrons. The number of carbonyl (C=O) groups excluding carboxylic acids is 1. The molecule has 0 aromatic rings. The van der Waals surface area contributed by atoms with Crippen molar-refractivity contribution in [3.63, 3.8) is 0 Å². The van der Waals surface area contributed by atoms with E-state index in [4.69, 9.17) is 23.2 Å². The van der Waals surface area contributed by atoms with Crippen LogP contribution in [0.2, 0.25) is 0 Å². The zero-order valence-electron chi connectivity index (χ0n) is 3.03. The number of rotatable bonds is 2. The summed E-state index contributed by atoms with van der Waals surface area (Å²) in [6, 6.07) is 0. The summed E-state index contributed by atoms with van der Waals surface area (Å²) in [6.45, 7) is 0. The van der Waals surface area contributed by atoms with E-state index in [0.29, 0.717) is 6.29 Å². The van der Waals surface area contributed by atoms with Gasteiger partial charge in [-0.15, -0.1) is 23.2 Å². The largest absolute Gasteiger partial charge is 0.302 e. The van der Waals surface area contributed by atoms with Crippen molar-refractivity contribution in [3.05, 3.63) is 0 Å². The minimum Gasteiger partial charge on any atom is -0.302 e. The predicted octanol–water partition coefficient (Wildman–Crippen LogP) is 1.03. The summed E-state index contributed by atoms with van der Waals surface area (Å²) in [5, 5.41) is -0.508. The Hall–Kier alpha value is 0.250. The summed E-state index contributed by atoms with van der Waals surface area (Å²) in [6.07, 6.45) is 0.606. The zero-order chi connectivity index (χ0) is 4.99. The van der Waals surface area contributed by atoms with Crippen molar-refractivity contribution < 1.29 is 4.79 Å². The van der Waals surface area contributed by atoms with Gasteiger partial charge in [0.15, 0.2) is 0 Å². The first-order valence-electron chi connectivity index (χ1n) is 1.46. The predicted molar refractivity (Wildman–Crippen MR) is 26.4 cm³/mol. The first kappa shape index (κ1) is 6.25. The van der Waals surface area contributed by atoms with Gasteiger partial charge in [0, 0.05) is 5.88 Å². The van der Waals surface area contributed by atoms with Crippen LogP contribution in [0.4, 0.5) is 0 Å². The molecule has 0 saturated carbocycles. The van der Waals surface area contributed by atoms with Gasteiger partial charge in [-0.25, -0.2) is 0 Å². The van der Waals surface area contributed by atoms with Crippen LogP contribution in [0.1, 0.15) is 0 Å². The summed E-state index contributed by atoms with van der Waals surface area (Å²) >= 11 is 10.2. The van der Waals surface area contributed by atoms with Crippen LogP contribution in [0.5, 0.6) is 0 Å². The van der Waals surface area contributed by atoms with Crippen LogP contribution >= 0.6 is 23.2 Å². The highest BCUT2D eigenvalue weighted by Gasteiger charge is 1.94. The van der Waals surface area contributed by atoms with Crippen LogP contribution in [0, 0.1) is 0 Å². The number of hydrogen-bond donors (Lipinski definition) is 0. The molecule has 0 N–H and O–H groups in total. The minimum atomic E-state index is -0.508. The maximum Gasteiger partial charge on any atom is 0.139 e. The van der Waals surface area contributed by atoms with Gasteiger partial charge in [0.2, 0.25) is 0 Å². The van der Waals surface area contributed by atoms with Gasteiger partial charge in [-0.1, -0.05) is 0 Å². The molecule has 0 aliphatic carbocycles. The lowest BCUT2D eigenvalue weighted by Crippen LogP contribution is -1.98. The lowest BCUT2D eigenvalue weighted by molar-refractivity contribution is -0.107. The molecule has 0 aliphatic heterocycles. The molecule has 3 heteroatoms. The molecule has 0 saturated heterocycles. The Morgan fingerprint density at radius 1 is 1.83 bits per heavy atom. The molecule has 0 aromatic carbocycles. The van der Waals surface area contributed by atoms with Gasteiger partial charge in [-0.05, 0) is 0 Å². The van der Waals surface area contributed by atoms with E-state index in [2.05, 4.69) is 0 Å². The van der Waals surface area contributed by atoms with Crippen molar-refractivity contribution in [1.82, 2.24) is 0 Å². The molecule has 0 amide bonds. The van der Waals surface area contributed by atoms with Gasteiger partial charge in [-0.3, -0.25) is 0 Å². The zero-order valence-corrected chi connectivity index (χ0v) is 4.54. The monoisotopic (exact) mass is 126 g/mol. The van der Waals surface area contributed by atoms with E-state index in [0.717, 1.165) is 0 Å². The molecule has 1 unspecified atom stereocenters. The summed E-state index contributed by atoms with van der Waals surface area (Å²) in [5.74, 6) is 0.199. The number of aldehydes is 1. The Morgan fingerprint density at radius 3 is 2.33 bits per heavy atom. The van der Waals surface area contributed by atoms with Crippen molar-refractivity contribution in [2.75, 3.05) is 5.88 Å². The summed E-state index contributed by atoms with van der Waals surface area (Å²) in [7, 11) is 0. The summed E-state index contributed by atoms with van der Waals surface area (Å²) in [4.78, 5) is 9.52. The number of carbonyl (C=O) groups is 1. The van der Waals surface area contributed by atoms with Crippen molar-refractivity contribution in [1.29, 1.82) is 0 Å². The number of halogens is 2. The SMILES string of the molecule is O=CC(Cl)CCl. The van der Waals surface area contributed by atoms with Crippen molar-refractivity contribution in [2.45, 2.75) is 5.38 Å². The third-order valence-corrected chi connectivity index (χ3v) is 1.04. The van der Waals surface area contributed by atoms with E-state index in [1.165, 1.54) is 0 Å². The van der Waals surface area contributed by atoms with E-state index in [1.807, 2.05) is 0 Å². The average molecular weight is 127 g/mol. The maximum absolute atomic E-state index is 9.52. The van der Waals surface area contributed by atoms with Crippen LogP contribution in [-0.2, 0) is 4.79 Å². The van der Waals surface area contributed by atoms with Crippen LogP contribution < -0.4 is 0 Å². The van der Waals surface area contributed by atoms with Gasteiger partial charge in [-0.2, -0.15) is 0 Å². The van der Waals surface area contributed by atoms with E-state index < -0.39 is 5.38 Å². The molecule has 1 nitrogen and oxygen atoms in total. The fraction of sp³-hybridized carbons (Fsp3) is 0.667. The van der Waals surface area contributed by atoms with E-state index in [9.17, 15) is 4.79 Å². The van der Waals surface area contributed by atoms with Crippen LogP contribution in [0.15, 0.2) is 0 Å². The fourth-order valence-electron chi connectivity index (χ4n) is 0.0364. The molecular weight excluding hydrogens is 123 g/mol. The second kappa shape index (κ2) is 3.44. The molecule has 0 heterocycles. The first-order chi connectivity index (χ1) is 2.81. The fourth-order valence-corrected chi connectivity index (χ4v) is 0.109. The third-order valence-electron chi connectivity index (χ3n) is 0.295. The second-order valence-corrected chi connectivity index (χ2v) is 1.68. The smallest absolute Gasteiger partial charge is 0.139 e. The lowest BCUT2D eigenvalue weighted by Gasteiger charge is -1.84. The first-order valence-corrected chi connectivity index (χ1v) is 2.43. The highest BCUT2D eigenvalue weighted by atomic mass is 35.5. The van der Waals surface area contributed by atoms with Crippen LogP contribution in [-0.4, -0.2) is 17.5 Å². The highest BCUT2D eigenvalue weighted by Crippen LogP contribution is 1.91. The Morgan fingerprint density at radius 2 is 2.33 bits per heavy atom. The average Bonchev–Trinajstić information content (AvgIpc) is 1.65. The van der Waals surface area contributed by atoms with Crippen LogP contribution in [0.3, 0.4) is 0 Å².